The Morgan fingerprint density at radius 3 is 2.88 bits per heavy atom. The summed E-state index contributed by atoms with van der Waals surface area (Å²) in [5, 5.41) is 17.3. The number of benzene rings is 1. The number of aromatic hydroxyl groups is 1. The number of rotatable bonds is 3. The molecule has 1 aromatic carbocycles. The molecule has 0 amide bonds. The van der Waals surface area contributed by atoms with Gasteiger partial charge in [-0.2, -0.15) is 5.10 Å². The van der Waals surface area contributed by atoms with Gasteiger partial charge in [0.15, 0.2) is 0 Å². The molecule has 1 fully saturated rings. The zero-order valence-corrected chi connectivity index (χ0v) is 9.50. The molecule has 1 saturated heterocycles. The number of aromatic nitrogens is 2. The summed E-state index contributed by atoms with van der Waals surface area (Å²) >= 11 is 0. The van der Waals surface area contributed by atoms with Gasteiger partial charge in [-0.05, 0) is 6.07 Å². The summed E-state index contributed by atoms with van der Waals surface area (Å²) in [4.78, 5) is 0. The average Bonchev–Trinajstić information content (AvgIpc) is 2.73. The molecule has 1 aliphatic rings. The first-order valence-corrected chi connectivity index (χ1v) is 5.84. The fourth-order valence-corrected chi connectivity index (χ4v) is 2.06. The molecule has 88 valence electrons. The summed E-state index contributed by atoms with van der Waals surface area (Å²) in [6, 6.07) is 7.34. The highest BCUT2D eigenvalue weighted by molar-refractivity contribution is 5.68. The molecule has 0 spiro atoms. The summed E-state index contributed by atoms with van der Waals surface area (Å²) < 4.78 is 1.95. The van der Waals surface area contributed by atoms with Crippen LogP contribution in [0.4, 0.5) is 0 Å². The zero-order valence-electron chi connectivity index (χ0n) is 9.50. The van der Waals surface area contributed by atoms with Crippen LogP contribution in [0.15, 0.2) is 36.7 Å². The molecule has 1 aliphatic heterocycles. The number of nitrogens with one attached hydrogen (secondary N) is 1. The lowest BCUT2D eigenvalue weighted by atomic mass is 10.0. The Labute approximate surface area is 99.9 Å². The second-order valence-electron chi connectivity index (χ2n) is 4.49. The molecule has 0 atom stereocenters. The fourth-order valence-electron chi connectivity index (χ4n) is 2.06. The van der Waals surface area contributed by atoms with Crippen molar-refractivity contribution in [3.63, 3.8) is 0 Å². The highest BCUT2D eigenvalue weighted by Gasteiger charge is 2.17. The van der Waals surface area contributed by atoms with Gasteiger partial charge in [-0.15, -0.1) is 0 Å². The number of phenolic OH excluding ortho intramolecular Hbond substituents is 1. The number of para-hydroxylation sites is 1. The van der Waals surface area contributed by atoms with Crippen LogP contribution in [0.1, 0.15) is 0 Å². The quantitative estimate of drug-likeness (QED) is 0.838. The second kappa shape index (κ2) is 4.22. The maximum Gasteiger partial charge on any atom is 0.123 e. The molecule has 0 aliphatic carbocycles. The number of nitrogens with zero attached hydrogens (tertiary/aromatic N) is 2. The first kappa shape index (κ1) is 10.4. The molecule has 2 N–H and O–H groups in total. The fraction of sp³-hybridized carbons (Fsp3) is 0.308. The van der Waals surface area contributed by atoms with E-state index in [0.717, 1.165) is 30.8 Å². The van der Waals surface area contributed by atoms with E-state index in [1.807, 2.05) is 29.1 Å². The minimum atomic E-state index is 0.303. The molecule has 3 rings (SSSR count). The van der Waals surface area contributed by atoms with Gasteiger partial charge in [-0.1, -0.05) is 18.2 Å². The molecule has 0 saturated carbocycles. The van der Waals surface area contributed by atoms with Gasteiger partial charge in [0.2, 0.25) is 0 Å². The Morgan fingerprint density at radius 1 is 1.35 bits per heavy atom. The molecule has 2 heterocycles. The lowest BCUT2D eigenvalue weighted by Crippen LogP contribution is -2.44. The first-order valence-electron chi connectivity index (χ1n) is 5.84. The van der Waals surface area contributed by atoms with Crippen LogP contribution in [0.3, 0.4) is 0 Å². The van der Waals surface area contributed by atoms with Crippen molar-refractivity contribution in [1.82, 2.24) is 15.1 Å². The third-order valence-electron chi connectivity index (χ3n) is 3.16. The van der Waals surface area contributed by atoms with Crippen molar-refractivity contribution in [3.05, 3.63) is 36.7 Å². The standard InChI is InChI=1S/C13H15N3O/c17-13-4-2-1-3-12(13)11-7-15-16(9-11)8-10-5-14-6-10/h1-4,7,9-10,14,17H,5-6,8H2. The van der Waals surface area contributed by atoms with E-state index in [4.69, 9.17) is 0 Å². The van der Waals surface area contributed by atoms with Crippen molar-refractivity contribution < 1.29 is 5.11 Å². The lowest BCUT2D eigenvalue weighted by molar-refractivity contribution is 0.295. The van der Waals surface area contributed by atoms with Gasteiger partial charge >= 0.3 is 0 Å². The van der Waals surface area contributed by atoms with Crippen LogP contribution in [-0.2, 0) is 6.54 Å². The van der Waals surface area contributed by atoms with E-state index < -0.39 is 0 Å². The third kappa shape index (κ3) is 2.03. The van der Waals surface area contributed by atoms with Crippen LogP contribution in [-0.4, -0.2) is 28.0 Å². The lowest BCUT2D eigenvalue weighted by Gasteiger charge is -2.26. The number of hydrogen-bond acceptors (Lipinski definition) is 3. The average molecular weight is 229 g/mol. The third-order valence-corrected chi connectivity index (χ3v) is 3.16. The first-order chi connectivity index (χ1) is 8.33. The predicted molar refractivity (Wildman–Crippen MR) is 65.7 cm³/mol. The molecule has 4 heteroatoms. The van der Waals surface area contributed by atoms with E-state index in [1.54, 1.807) is 12.3 Å². The molecule has 4 nitrogen and oxygen atoms in total. The molecule has 1 aromatic heterocycles. The van der Waals surface area contributed by atoms with Gasteiger partial charge in [0.25, 0.3) is 0 Å². The van der Waals surface area contributed by atoms with Crippen molar-refractivity contribution in [2.75, 3.05) is 13.1 Å². The summed E-state index contributed by atoms with van der Waals surface area (Å²) in [5.74, 6) is 0.990. The van der Waals surface area contributed by atoms with E-state index in [0.29, 0.717) is 11.7 Å². The van der Waals surface area contributed by atoms with E-state index in [1.165, 1.54) is 0 Å². The monoisotopic (exact) mass is 229 g/mol. The number of hydrogen-bond donors (Lipinski definition) is 2. The van der Waals surface area contributed by atoms with Gasteiger partial charge in [-0.3, -0.25) is 4.68 Å². The smallest absolute Gasteiger partial charge is 0.123 e. The molecule has 0 bridgehead atoms. The maximum atomic E-state index is 9.77. The van der Waals surface area contributed by atoms with Crippen molar-refractivity contribution in [1.29, 1.82) is 0 Å². The Morgan fingerprint density at radius 2 is 2.18 bits per heavy atom. The molecule has 0 unspecified atom stereocenters. The Balaban J connectivity index is 1.82. The SMILES string of the molecule is Oc1ccccc1-c1cnn(CC2CNC2)c1. The summed E-state index contributed by atoms with van der Waals surface area (Å²) in [7, 11) is 0. The van der Waals surface area contributed by atoms with Crippen LogP contribution >= 0.6 is 0 Å². The van der Waals surface area contributed by atoms with Crippen LogP contribution < -0.4 is 5.32 Å². The van der Waals surface area contributed by atoms with Gasteiger partial charge in [0.05, 0.1) is 6.20 Å². The van der Waals surface area contributed by atoms with Crippen LogP contribution in [0, 0.1) is 5.92 Å². The van der Waals surface area contributed by atoms with Crippen molar-refractivity contribution in [2.45, 2.75) is 6.54 Å². The number of phenols is 1. The summed E-state index contributed by atoms with van der Waals surface area (Å²) in [6.07, 6.45) is 3.80. The van der Waals surface area contributed by atoms with Gasteiger partial charge in [0, 0.05) is 42.9 Å². The molecular formula is C13H15N3O. The highest BCUT2D eigenvalue weighted by Crippen LogP contribution is 2.28. The minimum Gasteiger partial charge on any atom is -0.507 e. The van der Waals surface area contributed by atoms with Crippen molar-refractivity contribution >= 4 is 0 Å². The molecule has 17 heavy (non-hydrogen) atoms. The highest BCUT2D eigenvalue weighted by atomic mass is 16.3. The maximum absolute atomic E-state index is 9.77. The van der Waals surface area contributed by atoms with E-state index in [2.05, 4.69) is 10.4 Å². The van der Waals surface area contributed by atoms with E-state index in [-0.39, 0.29) is 0 Å². The molecule has 0 radical (unpaired) electrons. The topological polar surface area (TPSA) is 50.1 Å². The van der Waals surface area contributed by atoms with Gasteiger partial charge < -0.3 is 10.4 Å². The van der Waals surface area contributed by atoms with Gasteiger partial charge in [0.1, 0.15) is 5.75 Å². The van der Waals surface area contributed by atoms with Crippen LogP contribution in [0.2, 0.25) is 0 Å². The van der Waals surface area contributed by atoms with Crippen molar-refractivity contribution in [3.8, 4) is 16.9 Å². The van der Waals surface area contributed by atoms with E-state index in [9.17, 15) is 5.11 Å². The molecule has 2 aromatic rings. The Hall–Kier alpha value is -1.81. The van der Waals surface area contributed by atoms with E-state index >= 15 is 0 Å². The summed E-state index contributed by atoms with van der Waals surface area (Å²) in [6.45, 7) is 3.10. The van der Waals surface area contributed by atoms with Crippen LogP contribution in [0.25, 0.3) is 11.1 Å². The van der Waals surface area contributed by atoms with Crippen molar-refractivity contribution in [2.24, 2.45) is 5.92 Å². The largest absolute Gasteiger partial charge is 0.507 e. The predicted octanol–water partition coefficient (Wildman–Crippen LogP) is 1.48. The van der Waals surface area contributed by atoms with Gasteiger partial charge in [-0.25, -0.2) is 0 Å². The normalized spacial score (nSPS) is 15.8. The molecular weight excluding hydrogens is 214 g/mol. The summed E-state index contributed by atoms with van der Waals surface area (Å²) in [5.41, 5.74) is 1.81. The zero-order chi connectivity index (χ0) is 11.7. The van der Waals surface area contributed by atoms with Crippen LogP contribution in [0.5, 0.6) is 5.75 Å². The Kier molecular flexibility index (Phi) is 2.57. The second-order valence-corrected chi connectivity index (χ2v) is 4.49. The Bertz CT molecular complexity index is 517. The minimum absolute atomic E-state index is 0.303.